The third-order valence-electron chi connectivity index (χ3n) is 6.78. The summed E-state index contributed by atoms with van der Waals surface area (Å²) in [6.45, 7) is 5.37. The van der Waals surface area contributed by atoms with Gasteiger partial charge in [-0.25, -0.2) is 0 Å². The standard InChI is InChI=1S/C28H28N2O6.2ClH/c31-20(16-30-12-10-29(11-13-30)15-19-8-9-24-26(14-19)35-18-34-24)17-33-25-7-3-5-22-27(32)21-4-1-2-6-23(21)36-28(22)25;;/h1-9,14,20,31H,10-13,15-18H2;2*1H. The average Bonchev–Trinajstić information content (AvgIpc) is 3.37. The largest absolute Gasteiger partial charge is 0.487 e. The summed E-state index contributed by atoms with van der Waals surface area (Å²) in [5.74, 6) is 2.08. The van der Waals surface area contributed by atoms with Gasteiger partial charge in [-0.1, -0.05) is 24.3 Å². The van der Waals surface area contributed by atoms with E-state index in [9.17, 15) is 9.90 Å². The van der Waals surface area contributed by atoms with E-state index in [4.69, 9.17) is 18.6 Å². The SMILES string of the molecule is Cl.Cl.O=c1c2ccccc2oc2c(OCC(O)CN3CCN(Cc4ccc5c(c4)OCO5)CC3)cccc12. The molecule has 0 aliphatic carbocycles. The smallest absolute Gasteiger partial charge is 0.231 e. The van der Waals surface area contributed by atoms with Gasteiger partial charge >= 0.3 is 0 Å². The average molecular weight is 561 g/mol. The fourth-order valence-electron chi connectivity index (χ4n) is 4.88. The maximum absolute atomic E-state index is 12.8. The van der Waals surface area contributed by atoms with Crippen LogP contribution in [0.25, 0.3) is 21.9 Å². The van der Waals surface area contributed by atoms with Gasteiger partial charge in [-0.15, -0.1) is 24.8 Å². The number of rotatable bonds is 7. The molecule has 0 radical (unpaired) electrons. The van der Waals surface area contributed by atoms with Gasteiger partial charge in [0.05, 0.1) is 10.8 Å². The second kappa shape index (κ2) is 12.2. The summed E-state index contributed by atoms with van der Waals surface area (Å²) in [4.78, 5) is 17.5. The lowest BCUT2D eigenvalue weighted by atomic mass is 10.1. The van der Waals surface area contributed by atoms with Crippen LogP contribution in [0.1, 0.15) is 5.56 Å². The number of piperazine rings is 1. The third-order valence-corrected chi connectivity index (χ3v) is 6.78. The van der Waals surface area contributed by atoms with E-state index in [0.717, 1.165) is 44.2 Å². The molecular weight excluding hydrogens is 531 g/mol. The lowest BCUT2D eigenvalue weighted by Gasteiger charge is -2.35. The van der Waals surface area contributed by atoms with E-state index in [-0.39, 0.29) is 43.6 Å². The second-order valence-electron chi connectivity index (χ2n) is 9.29. The van der Waals surface area contributed by atoms with Gasteiger partial charge in [0.2, 0.25) is 12.2 Å². The minimum absolute atomic E-state index is 0. The molecule has 4 aromatic rings. The van der Waals surface area contributed by atoms with Crippen molar-refractivity contribution in [2.75, 3.05) is 46.1 Å². The van der Waals surface area contributed by atoms with Crippen LogP contribution in [0.4, 0.5) is 0 Å². The fourth-order valence-corrected chi connectivity index (χ4v) is 4.88. The number of β-amino-alcohol motifs (C(OH)–C–C–N with tert-alkyl or cyclic N) is 1. The van der Waals surface area contributed by atoms with Crippen molar-refractivity contribution in [3.05, 3.63) is 76.5 Å². The van der Waals surface area contributed by atoms with E-state index in [0.29, 0.717) is 34.2 Å². The lowest BCUT2D eigenvalue weighted by Crippen LogP contribution is -2.48. The van der Waals surface area contributed by atoms with Crippen LogP contribution in [-0.4, -0.2) is 67.1 Å². The Morgan fingerprint density at radius 2 is 1.61 bits per heavy atom. The van der Waals surface area contributed by atoms with Crippen LogP contribution < -0.4 is 19.6 Å². The van der Waals surface area contributed by atoms with Crippen LogP contribution in [0.5, 0.6) is 17.2 Å². The highest BCUT2D eigenvalue weighted by Crippen LogP contribution is 2.33. The zero-order chi connectivity index (χ0) is 24.5. The van der Waals surface area contributed by atoms with Crippen molar-refractivity contribution in [1.29, 1.82) is 0 Å². The first kappa shape index (κ1) is 28.0. The topological polar surface area (TPSA) is 84.6 Å². The molecular formula is C28H30Cl2N2O6. The summed E-state index contributed by atoms with van der Waals surface area (Å²) in [7, 11) is 0. The Kier molecular flexibility index (Phi) is 9.02. The molecule has 1 aromatic heterocycles. The number of aliphatic hydroxyl groups is 1. The van der Waals surface area contributed by atoms with Crippen molar-refractivity contribution < 1.29 is 23.7 Å². The predicted octanol–water partition coefficient (Wildman–Crippen LogP) is 4.08. The molecule has 1 saturated heterocycles. The van der Waals surface area contributed by atoms with Crippen molar-refractivity contribution >= 4 is 46.8 Å². The number of halogens is 2. The van der Waals surface area contributed by atoms with Crippen molar-refractivity contribution in [2.24, 2.45) is 0 Å². The summed E-state index contributed by atoms with van der Waals surface area (Å²) in [5, 5.41) is 11.7. The molecule has 0 spiro atoms. The van der Waals surface area contributed by atoms with Crippen LogP contribution in [0.15, 0.2) is 69.9 Å². The van der Waals surface area contributed by atoms with E-state index >= 15 is 0 Å². The normalized spacial score (nSPS) is 16.1. The van der Waals surface area contributed by atoms with Gasteiger partial charge in [0, 0.05) is 39.3 Å². The van der Waals surface area contributed by atoms with E-state index < -0.39 is 6.10 Å². The van der Waals surface area contributed by atoms with Crippen molar-refractivity contribution in [2.45, 2.75) is 12.6 Å². The lowest BCUT2D eigenvalue weighted by molar-refractivity contribution is 0.0447. The summed E-state index contributed by atoms with van der Waals surface area (Å²) in [6.07, 6.45) is -0.659. The van der Waals surface area contributed by atoms with Crippen LogP contribution in [0.3, 0.4) is 0 Å². The third kappa shape index (κ3) is 5.85. The molecule has 1 unspecified atom stereocenters. The maximum Gasteiger partial charge on any atom is 0.231 e. The fraction of sp³-hybridized carbons (Fsp3) is 0.321. The molecule has 1 atom stereocenters. The highest BCUT2D eigenvalue weighted by molar-refractivity contribution is 5.92. The summed E-state index contributed by atoms with van der Waals surface area (Å²) in [6, 6.07) is 18.6. The van der Waals surface area contributed by atoms with E-state index in [1.807, 2.05) is 24.3 Å². The van der Waals surface area contributed by atoms with Crippen LogP contribution >= 0.6 is 24.8 Å². The van der Waals surface area contributed by atoms with Crippen LogP contribution in [-0.2, 0) is 6.54 Å². The first-order valence-corrected chi connectivity index (χ1v) is 12.2. The molecule has 38 heavy (non-hydrogen) atoms. The van der Waals surface area contributed by atoms with Gasteiger partial charge in [-0.05, 0) is 42.0 Å². The minimum Gasteiger partial charge on any atom is -0.487 e. The quantitative estimate of drug-likeness (QED) is 0.338. The second-order valence-corrected chi connectivity index (χ2v) is 9.29. The van der Waals surface area contributed by atoms with Gasteiger partial charge < -0.3 is 23.7 Å². The number of ether oxygens (including phenoxy) is 3. The Bertz CT molecular complexity index is 1450. The van der Waals surface area contributed by atoms with Gasteiger partial charge in [-0.2, -0.15) is 0 Å². The molecule has 6 rings (SSSR count). The molecule has 3 aromatic carbocycles. The zero-order valence-corrected chi connectivity index (χ0v) is 22.3. The monoisotopic (exact) mass is 560 g/mol. The molecule has 2 aliphatic rings. The van der Waals surface area contributed by atoms with E-state index in [1.54, 1.807) is 30.3 Å². The molecule has 2 aliphatic heterocycles. The Hall–Kier alpha value is -3.01. The molecule has 202 valence electrons. The number of aliphatic hydroxyl groups excluding tert-OH is 1. The van der Waals surface area contributed by atoms with Crippen LogP contribution in [0.2, 0.25) is 0 Å². The van der Waals surface area contributed by atoms with E-state index in [1.165, 1.54) is 5.56 Å². The van der Waals surface area contributed by atoms with Crippen LogP contribution in [0, 0.1) is 0 Å². The first-order chi connectivity index (χ1) is 17.6. The highest BCUT2D eigenvalue weighted by Gasteiger charge is 2.21. The molecule has 0 saturated carbocycles. The van der Waals surface area contributed by atoms with Gasteiger partial charge in [0.25, 0.3) is 0 Å². The van der Waals surface area contributed by atoms with E-state index in [2.05, 4.69) is 15.9 Å². The number of benzene rings is 3. The van der Waals surface area contributed by atoms with Crippen molar-refractivity contribution in [3.63, 3.8) is 0 Å². The summed E-state index contributed by atoms with van der Waals surface area (Å²) < 4.78 is 22.8. The summed E-state index contributed by atoms with van der Waals surface area (Å²) in [5.41, 5.74) is 2.04. The number of hydrogen-bond acceptors (Lipinski definition) is 8. The molecule has 8 nitrogen and oxygen atoms in total. The number of hydrogen-bond donors (Lipinski definition) is 1. The molecule has 3 heterocycles. The maximum atomic E-state index is 12.8. The minimum atomic E-state index is -0.659. The zero-order valence-electron chi connectivity index (χ0n) is 20.7. The predicted molar refractivity (Wildman–Crippen MR) is 150 cm³/mol. The molecule has 0 bridgehead atoms. The number of nitrogens with zero attached hydrogens (tertiary/aromatic N) is 2. The Balaban J connectivity index is 0.00000168. The highest BCUT2D eigenvalue weighted by atomic mass is 35.5. The van der Waals surface area contributed by atoms with Gasteiger partial charge in [0.1, 0.15) is 18.3 Å². The Morgan fingerprint density at radius 1 is 0.868 bits per heavy atom. The number of para-hydroxylation sites is 2. The first-order valence-electron chi connectivity index (χ1n) is 12.2. The molecule has 0 amide bonds. The number of fused-ring (bicyclic) bond motifs is 3. The molecule has 10 heteroatoms. The van der Waals surface area contributed by atoms with Crippen molar-refractivity contribution in [1.82, 2.24) is 9.80 Å². The Labute approximate surface area is 232 Å². The summed E-state index contributed by atoms with van der Waals surface area (Å²) >= 11 is 0. The molecule has 1 fully saturated rings. The Morgan fingerprint density at radius 3 is 2.45 bits per heavy atom. The van der Waals surface area contributed by atoms with Gasteiger partial charge in [-0.3, -0.25) is 14.6 Å². The molecule has 1 N–H and O–H groups in total. The van der Waals surface area contributed by atoms with Crippen molar-refractivity contribution in [3.8, 4) is 17.2 Å². The van der Waals surface area contributed by atoms with Gasteiger partial charge in [0.15, 0.2) is 22.8 Å².